The Morgan fingerprint density at radius 3 is 3.00 bits per heavy atom. The van der Waals surface area contributed by atoms with E-state index in [1.54, 1.807) is 17.7 Å². The third kappa shape index (κ3) is 1.79. The first kappa shape index (κ1) is 12.6. The molecule has 0 fully saturated rings. The van der Waals surface area contributed by atoms with E-state index >= 15 is 0 Å². The molecule has 3 aromatic rings. The lowest BCUT2D eigenvalue weighted by atomic mass is 10.0. The average Bonchev–Trinajstić information content (AvgIpc) is 3.08. The fourth-order valence-corrected chi connectivity index (χ4v) is 2.78. The number of nitrogens with one attached hydrogen (secondary N) is 2. The molecule has 2 aromatic heterocycles. The van der Waals surface area contributed by atoms with Gasteiger partial charge in [0.25, 0.3) is 0 Å². The molecule has 22 heavy (non-hydrogen) atoms. The number of allylic oxidation sites excluding steroid dienone is 1. The standard InChI is InChI=1S/C15H13N5O2/c1-8-17-15-18-12(14(21)22)6-13(20(15)19-8)10-7-16-11-5-3-2-4-9(10)11/h2-7,13,16H,1H3,(H,21,22)(H,17,18,19). The van der Waals surface area contributed by atoms with Crippen molar-refractivity contribution in [3.05, 3.63) is 53.6 Å². The largest absolute Gasteiger partial charge is 0.477 e. The number of H-pyrrole nitrogens is 1. The van der Waals surface area contributed by atoms with Gasteiger partial charge in [-0.1, -0.05) is 18.2 Å². The van der Waals surface area contributed by atoms with Gasteiger partial charge in [0, 0.05) is 22.7 Å². The van der Waals surface area contributed by atoms with Gasteiger partial charge in [0.2, 0.25) is 5.95 Å². The molecule has 1 aromatic carbocycles. The summed E-state index contributed by atoms with van der Waals surface area (Å²) in [4.78, 5) is 18.8. The molecule has 0 amide bonds. The lowest BCUT2D eigenvalue weighted by Crippen LogP contribution is -2.24. The molecule has 0 aliphatic carbocycles. The molecule has 1 aliphatic rings. The minimum absolute atomic E-state index is 0.107. The number of carbonyl (C=O) groups is 1. The van der Waals surface area contributed by atoms with Crippen molar-refractivity contribution < 1.29 is 9.90 Å². The van der Waals surface area contributed by atoms with Crippen molar-refractivity contribution in [2.45, 2.75) is 13.0 Å². The number of fused-ring (bicyclic) bond motifs is 2. The number of rotatable bonds is 2. The summed E-state index contributed by atoms with van der Waals surface area (Å²) in [6.07, 6.45) is 3.54. The van der Waals surface area contributed by atoms with Crippen molar-refractivity contribution in [3.8, 4) is 0 Å². The van der Waals surface area contributed by atoms with Gasteiger partial charge in [-0.05, 0) is 19.1 Å². The average molecular weight is 295 g/mol. The minimum Gasteiger partial charge on any atom is -0.477 e. The molecule has 0 bridgehead atoms. The van der Waals surface area contributed by atoms with Gasteiger partial charge in [-0.3, -0.25) is 0 Å². The van der Waals surface area contributed by atoms with Gasteiger partial charge in [-0.2, -0.15) is 10.1 Å². The summed E-state index contributed by atoms with van der Waals surface area (Å²) in [6.45, 7) is 1.78. The molecule has 1 unspecified atom stereocenters. The third-order valence-electron chi connectivity index (χ3n) is 3.74. The number of carboxylic acids is 1. The Labute approximate surface area is 125 Å². The summed E-state index contributed by atoms with van der Waals surface area (Å²) in [5, 5.41) is 17.5. The highest BCUT2D eigenvalue weighted by molar-refractivity contribution is 5.91. The molecule has 0 spiro atoms. The number of benzene rings is 1. The zero-order chi connectivity index (χ0) is 15.3. The Bertz CT molecular complexity index is 921. The second-order valence-electron chi connectivity index (χ2n) is 5.17. The second kappa shape index (κ2) is 4.45. The number of hydrogen-bond donors (Lipinski definition) is 3. The van der Waals surface area contributed by atoms with Gasteiger partial charge in [0.15, 0.2) is 0 Å². The van der Waals surface area contributed by atoms with E-state index in [0.29, 0.717) is 11.8 Å². The van der Waals surface area contributed by atoms with Crippen LogP contribution < -0.4 is 5.32 Å². The Morgan fingerprint density at radius 2 is 2.18 bits per heavy atom. The number of aliphatic carboxylic acids is 1. The number of anilines is 1. The van der Waals surface area contributed by atoms with E-state index in [0.717, 1.165) is 16.5 Å². The summed E-state index contributed by atoms with van der Waals surface area (Å²) in [5.41, 5.74) is 2.07. The fourth-order valence-electron chi connectivity index (χ4n) is 2.78. The topological polar surface area (TPSA) is 95.8 Å². The van der Waals surface area contributed by atoms with Crippen LogP contribution in [0.15, 0.2) is 42.2 Å². The highest BCUT2D eigenvalue weighted by atomic mass is 16.4. The number of para-hydroxylation sites is 1. The normalized spacial score (nSPS) is 17.0. The lowest BCUT2D eigenvalue weighted by molar-refractivity contribution is -0.132. The van der Waals surface area contributed by atoms with Crippen molar-refractivity contribution in [2.75, 3.05) is 5.32 Å². The molecular weight excluding hydrogens is 282 g/mol. The SMILES string of the molecule is Cc1nc2n(n1)C(c1c[nH]c3ccccc13)C=C(C(=O)O)N2. The van der Waals surface area contributed by atoms with Gasteiger partial charge in [-0.15, -0.1) is 0 Å². The van der Waals surface area contributed by atoms with Crippen molar-refractivity contribution in [2.24, 2.45) is 0 Å². The molecule has 0 saturated carbocycles. The van der Waals surface area contributed by atoms with E-state index in [1.807, 2.05) is 30.5 Å². The van der Waals surface area contributed by atoms with Crippen LogP contribution in [0.1, 0.15) is 17.4 Å². The first-order valence-electron chi connectivity index (χ1n) is 6.85. The molecule has 3 heterocycles. The highest BCUT2D eigenvalue weighted by Crippen LogP contribution is 2.33. The first-order valence-corrected chi connectivity index (χ1v) is 6.85. The molecule has 4 rings (SSSR count). The van der Waals surface area contributed by atoms with Crippen molar-refractivity contribution >= 4 is 22.8 Å². The van der Waals surface area contributed by atoms with Crippen LogP contribution in [0.3, 0.4) is 0 Å². The Kier molecular flexibility index (Phi) is 2.56. The van der Waals surface area contributed by atoms with Gasteiger partial charge in [0.05, 0.1) is 0 Å². The molecule has 7 heteroatoms. The molecule has 3 N–H and O–H groups in total. The van der Waals surface area contributed by atoms with Gasteiger partial charge < -0.3 is 15.4 Å². The monoisotopic (exact) mass is 295 g/mol. The predicted octanol–water partition coefficient (Wildman–Crippen LogP) is 2.05. The van der Waals surface area contributed by atoms with E-state index in [4.69, 9.17) is 0 Å². The molecule has 1 aliphatic heterocycles. The quantitative estimate of drug-likeness (QED) is 0.672. The van der Waals surface area contributed by atoms with Gasteiger partial charge in [0.1, 0.15) is 17.6 Å². The van der Waals surface area contributed by atoms with E-state index in [9.17, 15) is 9.90 Å². The van der Waals surface area contributed by atoms with Crippen LogP contribution in [0.2, 0.25) is 0 Å². The van der Waals surface area contributed by atoms with E-state index in [-0.39, 0.29) is 11.7 Å². The second-order valence-corrected chi connectivity index (χ2v) is 5.17. The van der Waals surface area contributed by atoms with Crippen LogP contribution in [-0.2, 0) is 4.79 Å². The van der Waals surface area contributed by atoms with Gasteiger partial charge in [-0.25, -0.2) is 9.48 Å². The Morgan fingerprint density at radius 1 is 1.36 bits per heavy atom. The number of aryl methyl sites for hydroxylation is 1. The van der Waals surface area contributed by atoms with Crippen LogP contribution in [0.25, 0.3) is 10.9 Å². The van der Waals surface area contributed by atoms with E-state index < -0.39 is 5.97 Å². The smallest absolute Gasteiger partial charge is 0.352 e. The number of aromatic nitrogens is 4. The molecule has 0 radical (unpaired) electrons. The first-order chi connectivity index (χ1) is 10.6. The molecule has 1 atom stereocenters. The zero-order valence-electron chi connectivity index (χ0n) is 11.7. The molecular formula is C15H13N5O2. The summed E-state index contributed by atoms with van der Waals surface area (Å²) >= 11 is 0. The molecule has 0 saturated heterocycles. The van der Waals surface area contributed by atoms with E-state index in [2.05, 4.69) is 20.4 Å². The fraction of sp³-hybridized carbons (Fsp3) is 0.133. The van der Waals surface area contributed by atoms with Crippen LogP contribution in [0, 0.1) is 6.92 Å². The summed E-state index contributed by atoms with van der Waals surface area (Å²) in [7, 11) is 0. The Balaban J connectivity index is 1.94. The zero-order valence-corrected chi connectivity index (χ0v) is 11.7. The number of carboxylic acid groups (broad SMARTS) is 1. The molecule has 7 nitrogen and oxygen atoms in total. The number of nitrogens with zero attached hydrogens (tertiary/aromatic N) is 3. The molecule has 110 valence electrons. The van der Waals surface area contributed by atoms with Crippen molar-refractivity contribution in [1.29, 1.82) is 0 Å². The minimum atomic E-state index is -1.02. The van der Waals surface area contributed by atoms with Gasteiger partial charge >= 0.3 is 5.97 Å². The van der Waals surface area contributed by atoms with E-state index in [1.165, 1.54) is 0 Å². The Hall–Kier alpha value is -3.09. The maximum Gasteiger partial charge on any atom is 0.352 e. The lowest BCUT2D eigenvalue weighted by Gasteiger charge is -2.21. The summed E-state index contributed by atoms with van der Waals surface area (Å²) in [5.74, 6) is 0.0109. The van der Waals surface area contributed by atoms with Crippen LogP contribution >= 0.6 is 0 Å². The maximum absolute atomic E-state index is 11.4. The number of aromatic amines is 1. The number of hydrogen-bond acceptors (Lipinski definition) is 4. The van der Waals surface area contributed by atoms with Crippen LogP contribution in [0.4, 0.5) is 5.95 Å². The van der Waals surface area contributed by atoms with Crippen molar-refractivity contribution in [1.82, 2.24) is 19.7 Å². The summed E-state index contributed by atoms with van der Waals surface area (Å²) in [6, 6.07) is 7.57. The summed E-state index contributed by atoms with van der Waals surface area (Å²) < 4.78 is 1.71. The maximum atomic E-state index is 11.4. The van der Waals surface area contributed by atoms with Crippen LogP contribution in [0.5, 0.6) is 0 Å². The highest BCUT2D eigenvalue weighted by Gasteiger charge is 2.27. The predicted molar refractivity (Wildman–Crippen MR) is 80.5 cm³/mol. The van der Waals surface area contributed by atoms with Crippen molar-refractivity contribution in [3.63, 3.8) is 0 Å². The van der Waals surface area contributed by atoms with Crippen LogP contribution in [-0.4, -0.2) is 30.8 Å². The third-order valence-corrected chi connectivity index (χ3v) is 3.74.